The van der Waals surface area contributed by atoms with Crippen LogP contribution in [0.3, 0.4) is 0 Å². The summed E-state index contributed by atoms with van der Waals surface area (Å²) in [4.78, 5) is 0. The van der Waals surface area contributed by atoms with Crippen molar-refractivity contribution in [3.05, 3.63) is 0 Å². The smallest absolute Gasteiger partial charge is 0.0495 e. The van der Waals surface area contributed by atoms with Gasteiger partial charge >= 0.3 is 0 Å². The molecule has 0 spiro atoms. The third-order valence-corrected chi connectivity index (χ3v) is 3.44. The van der Waals surface area contributed by atoms with Gasteiger partial charge in [-0.25, -0.2) is 0 Å². The molecular formula is C13H27NO2. The first-order chi connectivity index (χ1) is 7.86. The van der Waals surface area contributed by atoms with Gasteiger partial charge in [-0.15, -0.1) is 0 Å². The van der Waals surface area contributed by atoms with Crippen LogP contribution in [-0.2, 0) is 9.47 Å². The summed E-state index contributed by atoms with van der Waals surface area (Å²) < 4.78 is 11.1. The Morgan fingerprint density at radius 1 is 1.38 bits per heavy atom. The SMILES string of the molecule is CCC(CCCOCC1CCOCC1)NC. The Bertz CT molecular complexity index is 154. The van der Waals surface area contributed by atoms with Crippen LogP contribution in [0.4, 0.5) is 0 Å². The van der Waals surface area contributed by atoms with Crippen molar-refractivity contribution in [2.75, 3.05) is 33.5 Å². The average Bonchev–Trinajstić information content (AvgIpc) is 2.35. The molecule has 1 saturated heterocycles. The second-order valence-electron chi connectivity index (χ2n) is 4.67. The quantitative estimate of drug-likeness (QED) is 0.647. The molecule has 0 aromatic rings. The molecule has 1 aliphatic heterocycles. The van der Waals surface area contributed by atoms with Crippen molar-refractivity contribution in [3.8, 4) is 0 Å². The van der Waals surface area contributed by atoms with Crippen molar-refractivity contribution in [2.45, 2.75) is 45.1 Å². The molecule has 1 heterocycles. The lowest BCUT2D eigenvalue weighted by atomic mass is 10.0. The minimum atomic E-state index is 0.659. The number of rotatable bonds is 8. The first-order valence-electron chi connectivity index (χ1n) is 6.69. The van der Waals surface area contributed by atoms with E-state index in [-0.39, 0.29) is 0 Å². The zero-order valence-corrected chi connectivity index (χ0v) is 10.8. The van der Waals surface area contributed by atoms with Gasteiger partial charge in [-0.05, 0) is 45.1 Å². The molecule has 1 N–H and O–H groups in total. The fourth-order valence-corrected chi connectivity index (χ4v) is 2.15. The number of hydrogen-bond acceptors (Lipinski definition) is 3. The standard InChI is InChI=1S/C13H27NO2/c1-3-13(14-2)5-4-8-16-11-12-6-9-15-10-7-12/h12-14H,3-11H2,1-2H3. The highest BCUT2D eigenvalue weighted by atomic mass is 16.5. The van der Waals surface area contributed by atoms with Gasteiger partial charge in [0.1, 0.15) is 0 Å². The van der Waals surface area contributed by atoms with E-state index in [4.69, 9.17) is 9.47 Å². The zero-order chi connectivity index (χ0) is 11.6. The Balaban J connectivity index is 1.90. The van der Waals surface area contributed by atoms with Crippen LogP contribution in [0, 0.1) is 5.92 Å². The molecular weight excluding hydrogens is 202 g/mol. The Morgan fingerprint density at radius 3 is 2.75 bits per heavy atom. The van der Waals surface area contributed by atoms with Gasteiger partial charge in [0.2, 0.25) is 0 Å². The average molecular weight is 229 g/mol. The second-order valence-corrected chi connectivity index (χ2v) is 4.67. The number of hydrogen-bond donors (Lipinski definition) is 1. The molecule has 0 bridgehead atoms. The van der Waals surface area contributed by atoms with Gasteiger partial charge in [0.15, 0.2) is 0 Å². The first kappa shape index (κ1) is 13.9. The Hall–Kier alpha value is -0.120. The first-order valence-corrected chi connectivity index (χ1v) is 6.69. The largest absolute Gasteiger partial charge is 0.381 e. The van der Waals surface area contributed by atoms with E-state index in [0.717, 1.165) is 32.3 Å². The predicted molar refractivity (Wildman–Crippen MR) is 66.7 cm³/mol. The molecule has 1 fully saturated rings. The Morgan fingerprint density at radius 2 is 2.12 bits per heavy atom. The second kappa shape index (κ2) is 8.97. The summed E-state index contributed by atoms with van der Waals surface area (Å²) in [6, 6.07) is 0.659. The molecule has 0 aliphatic carbocycles. The topological polar surface area (TPSA) is 30.5 Å². The molecule has 1 aliphatic rings. The fourth-order valence-electron chi connectivity index (χ4n) is 2.15. The molecule has 3 nitrogen and oxygen atoms in total. The van der Waals surface area contributed by atoms with Crippen molar-refractivity contribution in [1.29, 1.82) is 0 Å². The van der Waals surface area contributed by atoms with E-state index in [9.17, 15) is 0 Å². The summed E-state index contributed by atoms with van der Waals surface area (Å²) in [6.07, 6.45) is 5.95. The molecule has 96 valence electrons. The third-order valence-electron chi connectivity index (χ3n) is 3.44. The summed E-state index contributed by atoms with van der Waals surface area (Å²) in [7, 11) is 2.04. The van der Waals surface area contributed by atoms with Crippen molar-refractivity contribution in [2.24, 2.45) is 5.92 Å². The van der Waals surface area contributed by atoms with Crippen LogP contribution >= 0.6 is 0 Å². The minimum absolute atomic E-state index is 0.659. The van der Waals surface area contributed by atoms with Crippen LogP contribution < -0.4 is 5.32 Å². The third kappa shape index (κ3) is 5.83. The lowest BCUT2D eigenvalue weighted by molar-refractivity contribution is 0.0195. The highest BCUT2D eigenvalue weighted by Gasteiger charge is 2.13. The van der Waals surface area contributed by atoms with E-state index < -0.39 is 0 Å². The van der Waals surface area contributed by atoms with E-state index >= 15 is 0 Å². The van der Waals surface area contributed by atoms with E-state index in [1.165, 1.54) is 32.1 Å². The van der Waals surface area contributed by atoms with Crippen LogP contribution in [0.25, 0.3) is 0 Å². The van der Waals surface area contributed by atoms with Crippen LogP contribution in [0.5, 0.6) is 0 Å². The Labute approximate surface area is 99.9 Å². The molecule has 1 unspecified atom stereocenters. The van der Waals surface area contributed by atoms with Crippen LogP contribution in [0.1, 0.15) is 39.0 Å². The normalized spacial score (nSPS) is 19.9. The summed E-state index contributed by atoms with van der Waals surface area (Å²) in [5.74, 6) is 0.736. The van der Waals surface area contributed by atoms with Crippen LogP contribution in [0.2, 0.25) is 0 Å². The molecule has 0 amide bonds. The number of ether oxygens (including phenoxy) is 2. The maximum absolute atomic E-state index is 5.73. The minimum Gasteiger partial charge on any atom is -0.381 e. The van der Waals surface area contributed by atoms with Crippen molar-refractivity contribution in [3.63, 3.8) is 0 Å². The van der Waals surface area contributed by atoms with Crippen LogP contribution in [-0.4, -0.2) is 39.5 Å². The van der Waals surface area contributed by atoms with Crippen molar-refractivity contribution < 1.29 is 9.47 Å². The Kier molecular flexibility index (Phi) is 7.81. The molecule has 0 aromatic heterocycles. The predicted octanol–water partition coefficient (Wildman–Crippen LogP) is 2.21. The number of nitrogens with one attached hydrogen (secondary N) is 1. The monoisotopic (exact) mass is 229 g/mol. The van der Waals surface area contributed by atoms with Gasteiger partial charge in [0.25, 0.3) is 0 Å². The van der Waals surface area contributed by atoms with Crippen molar-refractivity contribution >= 4 is 0 Å². The van der Waals surface area contributed by atoms with Gasteiger partial charge in [0.05, 0.1) is 0 Å². The molecule has 16 heavy (non-hydrogen) atoms. The summed E-state index contributed by atoms with van der Waals surface area (Å²) in [5.41, 5.74) is 0. The lowest BCUT2D eigenvalue weighted by Crippen LogP contribution is -2.24. The highest BCUT2D eigenvalue weighted by molar-refractivity contribution is 4.63. The summed E-state index contributed by atoms with van der Waals surface area (Å²) in [6.45, 7) is 5.91. The summed E-state index contributed by atoms with van der Waals surface area (Å²) in [5, 5.41) is 3.32. The van der Waals surface area contributed by atoms with E-state index in [0.29, 0.717) is 6.04 Å². The van der Waals surface area contributed by atoms with Gasteiger partial charge in [-0.1, -0.05) is 6.92 Å². The summed E-state index contributed by atoms with van der Waals surface area (Å²) >= 11 is 0. The molecule has 0 aromatic carbocycles. The zero-order valence-electron chi connectivity index (χ0n) is 10.8. The van der Waals surface area contributed by atoms with Crippen molar-refractivity contribution in [1.82, 2.24) is 5.32 Å². The molecule has 0 radical (unpaired) electrons. The fraction of sp³-hybridized carbons (Fsp3) is 1.00. The lowest BCUT2D eigenvalue weighted by Gasteiger charge is -2.22. The maximum atomic E-state index is 5.73. The molecule has 1 rings (SSSR count). The van der Waals surface area contributed by atoms with E-state index in [2.05, 4.69) is 12.2 Å². The van der Waals surface area contributed by atoms with Gasteiger partial charge in [-0.3, -0.25) is 0 Å². The highest BCUT2D eigenvalue weighted by Crippen LogP contribution is 2.14. The molecule has 0 saturated carbocycles. The van der Waals surface area contributed by atoms with Gasteiger partial charge in [-0.2, -0.15) is 0 Å². The van der Waals surface area contributed by atoms with E-state index in [1.807, 2.05) is 7.05 Å². The van der Waals surface area contributed by atoms with Crippen LogP contribution in [0.15, 0.2) is 0 Å². The van der Waals surface area contributed by atoms with Gasteiger partial charge in [0, 0.05) is 32.5 Å². The maximum Gasteiger partial charge on any atom is 0.0495 e. The molecule has 3 heteroatoms. The van der Waals surface area contributed by atoms with E-state index in [1.54, 1.807) is 0 Å². The van der Waals surface area contributed by atoms with Gasteiger partial charge < -0.3 is 14.8 Å². The molecule has 1 atom stereocenters.